The van der Waals surface area contributed by atoms with E-state index in [0.29, 0.717) is 5.92 Å². The molecule has 0 heterocycles. The summed E-state index contributed by atoms with van der Waals surface area (Å²) in [6, 6.07) is 0. The highest BCUT2D eigenvalue weighted by molar-refractivity contribution is 7.98. The first-order valence-electron chi connectivity index (χ1n) is 5.64. The summed E-state index contributed by atoms with van der Waals surface area (Å²) in [6.07, 6.45) is 5.94. The molecule has 4 heteroatoms. The summed E-state index contributed by atoms with van der Waals surface area (Å²) in [7, 11) is 0. The van der Waals surface area contributed by atoms with Crippen LogP contribution in [0.4, 0.5) is 0 Å². The Kier molecular flexibility index (Phi) is 4.93. The van der Waals surface area contributed by atoms with Crippen LogP contribution < -0.4 is 11.1 Å². The van der Waals surface area contributed by atoms with Gasteiger partial charge in [-0.25, -0.2) is 0 Å². The molecule has 1 aliphatic rings. The highest BCUT2D eigenvalue weighted by Crippen LogP contribution is 2.27. The fourth-order valence-corrected chi connectivity index (χ4v) is 2.71. The summed E-state index contributed by atoms with van der Waals surface area (Å²) in [5, 5.41) is 2.97. The van der Waals surface area contributed by atoms with Crippen molar-refractivity contribution in [3.63, 3.8) is 0 Å². The normalized spacial score (nSPS) is 21.3. The molecule has 1 aliphatic carbocycles. The molecule has 1 atom stereocenters. The van der Waals surface area contributed by atoms with Crippen molar-refractivity contribution < 1.29 is 4.79 Å². The molecular weight excluding hydrogens is 208 g/mol. The predicted molar refractivity (Wildman–Crippen MR) is 65.9 cm³/mol. The molecule has 0 aromatic heterocycles. The first-order valence-corrected chi connectivity index (χ1v) is 7.04. The highest BCUT2D eigenvalue weighted by atomic mass is 32.2. The average Bonchev–Trinajstić information content (AvgIpc) is 2.63. The van der Waals surface area contributed by atoms with E-state index in [9.17, 15) is 4.79 Å². The van der Waals surface area contributed by atoms with Gasteiger partial charge in [0.1, 0.15) is 0 Å². The van der Waals surface area contributed by atoms with Gasteiger partial charge in [-0.05, 0) is 30.8 Å². The van der Waals surface area contributed by atoms with Gasteiger partial charge in [-0.1, -0.05) is 19.8 Å². The largest absolute Gasteiger partial charge is 0.354 e. The van der Waals surface area contributed by atoms with Crippen molar-refractivity contribution >= 4 is 17.7 Å². The Labute approximate surface area is 96.6 Å². The SMILES string of the molecule is CSCC(C)CNC(=O)C1(N)CCCC1. The Bertz CT molecular complexity index is 215. The van der Waals surface area contributed by atoms with Crippen LogP contribution in [0.25, 0.3) is 0 Å². The van der Waals surface area contributed by atoms with Crippen molar-refractivity contribution in [1.29, 1.82) is 0 Å². The van der Waals surface area contributed by atoms with Gasteiger partial charge in [-0.3, -0.25) is 4.79 Å². The van der Waals surface area contributed by atoms with Crippen molar-refractivity contribution in [1.82, 2.24) is 5.32 Å². The lowest BCUT2D eigenvalue weighted by molar-refractivity contribution is -0.126. The Balaban J connectivity index is 2.29. The first-order chi connectivity index (χ1) is 7.08. The van der Waals surface area contributed by atoms with Crippen LogP contribution in [0.2, 0.25) is 0 Å². The van der Waals surface area contributed by atoms with Gasteiger partial charge in [0.25, 0.3) is 0 Å². The summed E-state index contributed by atoms with van der Waals surface area (Å²) >= 11 is 1.81. The second-order valence-corrected chi connectivity index (χ2v) is 5.54. The van der Waals surface area contributed by atoms with E-state index in [1.165, 1.54) is 0 Å². The molecule has 1 amide bonds. The third kappa shape index (κ3) is 3.68. The molecule has 1 saturated carbocycles. The molecule has 1 unspecified atom stereocenters. The number of hydrogen-bond acceptors (Lipinski definition) is 3. The van der Waals surface area contributed by atoms with Gasteiger partial charge in [0.15, 0.2) is 0 Å². The van der Waals surface area contributed by atoms with E-state index in [2.05, 4.69) is 18.5 Å². The lowest BCUT2D eigenvalue weighted by atomic mass is 9.98. The van der Waals surface area contributed by atoms with Crippen LogP contribution in [0.15, 0.2) is 0 Å². The number of thioether (sulfide) groups is 1. The number of carbonyl (C=O) groups is 1. The lowest BCUT2D eigenvalue weighted by Crippen LogP contribution is -2.52. The van der Waals surface area contributed by atoms with E-state index in [-0.39, 0.29) is 5.91 Å². The van der Waals surface area contributed by atoms with Gasteiger partial charge >= 0.3 is 0 Å². The van der Waals surface area contributed by atoms with Crippen molar-refractivity contribution in [2.45, 2.75) is 38.1 Å². The predicted octanol–water partition coefficient (Wildman–Crippen LogP) is 1.37. The summed E-state index contributed by atoms with van der Waals surface area (Å²) in [5.41, 5.74) is 5.48. The zero-order valence-corrected chi connectivity index (χ0v) is 10.5. The zero-order valence-electron chi connectivity index (χ0n) is 9.71. The minimum Gasteiger partial charge on any atom is -0.354 e. The number of rotatable bonds is 5. The zero-order chi connectivity index (χ0) is 11.3. The van der Waals surface area contributed by atoms with Crippen molar-refractivity contribution in [2.24, 2.45) is 11.7 Å². The van der Waals surface area contributed by atoms with Crippen molar-refractivity contribution in [3.8, 4) is 0 Å². The maximum absolute atomic E-state index is 11.8. The number of hydrogen-bond donors (Lipinski definition) is 2. The third-order valence-electron chi connectivity index (χ3n) is 3.01. The standard InChI is InChI=1S/C11H22N2OS/c1-9(8-15-2)7-13-10(14)11(12)5-3-4-6-11/h9H,3-8,12H2,1-2H3,(H,13,14). The second-order valence-electron chi connectivity index (χ2n) is 4.63. The third-order valence-corrected chi connectivity index (χ3v) is 3.91. The van der Waals surface area contributed by atoms with E-state index in [0.717, 1.165) is 38.0 Å². The summed E-state index contributed by atoms with van der Waals surface area (Å²) in [6.45, 7) is 2.90. The first kappa shape index (κ1) is 12.8. The molecule has 0 aliphatic heterocycles. The van der Waals surface area contributed by atoms with Crippen LogP contribution in [-0.4, -0.2) is 30.0 Å². The Morgan fingerprint density at radius 3 is 2.67 bits per heavy atom. The molecule has 0 spiro atoms. The maximum atomic E-state index is 11.8. The van der Waals surface area contributed by atoms with Crippen LogP contribution in [0.5, 0.6) is 0 Å². The van der Waals surface area contributed by atoms with Crippen LogP contribution in [0.1, 0.15) is 32.6 Å². The molecule has 1 rings (SSSR count). The Morgan fingerprint density at radius 2 is 2.13 bits per heavy atom. The second kappa shape index (κ2) is 5.75. The van der Waals surface area contributed by atoms with E-state index >= 15 is 0 Å². The number of nitrogens with two attached hydrogens (primary N) is 1. The Hall–Kier alpha value is -0.220. The molecule has 3 nitrogen and oxygen atoms in total. The molecule has 0 radical (unpaired) electrons. The molecule has 0 aromatic rings. The van der Waals surface area contributed by atoms with Crippen molar-refractivity contribution in [3.05, 3.63) is 0 Å². The van der Waals surface area contributed by atoms with Crippen LogP contribution in [0, 0.1) is 5.92 Å². The molecule has 3 N–H and O–H groups in total. The van der Waals surface area contributed by atoms with Gasteiger partial charge in [0.05, 0.1) is 5.54 Å². The van der Waals surface area contributed by atoms with Gasteiger partial charge in [-0.15, -0.1) is 0 Å². The molecule has 0 saturated heterocycles. The van der Waals surface area contributed by atoms with E-state index in [1.807, 2.05) is 11.8 Å². The molecule has 1 fully saturated rings. The van der Waals surface area contributed by atoms with Crippen molar-refractivity contribution in [2.75, 3.05) is 18.6 Å². The van der Waals surface area contributed by atoms with Crippen LogP contribution in [-0.2, 0) is 4.79 Å². The Morgan fingerprint density at radius 1 is 1.53 bits per heavy atom. The molecular formula is C11H22N2OS. The van der Waals surface area contributed by atoms with E-state index in [4.69, 9.17) is 5.73 Å². The maximum Gasteiger partial charge on any atom is 0.240 e. The smallest absolute Gasteiger partial charge is 0.240 e. The van der Waals surface area contributed by atoms with Gasteiger partial charge in [0.2, 0.25) is 5.91 Å². The molecule has 88 valence electrons. The fourth-order valence-electron chi connectivity index (χ4n) is 2.02. The fraction of sp³-hybridized carbons (Fsp3) is 0.909. The molecule has 0 bridgehead atoms. The van der Waals surface area contributed by atoms with E-state index in [1.54, 1.807) is 0 Å². The minimum atomic E-state index is -0.570. The van der Waals surface area contributed by atoms with E-state index < -0.39 is 5.54 Å². The van der Waals surface area contributed by atoms with Crippen LogP contribution in [0.3, 0.4) is 0 Å². The molecule has 0 aromatic carbocycles. The molecule has 15 heavy (non-hydrogen) atoms. The quantitative estimate of drug-likeness (QED) is 0.750. The van der Waals surface area contributed by atoms with Gasteiger partial charge in [0, 0.05) is 6.54 Å². The topological polar surface area (TPSA) is 55.1 Å². The summed E-state index contributed by atoms with van der Waals surface area (Å²) < 4.78 is 0. The van der Waals surface area contributed by atoms with Crippen LogP contribution >= 0.6 is 11.8 Å². The highest BCUT2D eigenvalue weighted by Gasteiger charge is 2.36. The number of nitrogens with one attached hydrogen (secondary N) is 1. The lowest BCUT2D eigenvalue weighted by Gasteiger charge is -2.23. The van der Waals surface area contributed by atoms with Gasteiger partial charge in [-0.2, -0.15) is 11.8 Å². The number of amides is 1. The average molecular weight is 230 g/mol. The minimum absolute atomic E-state index is 0.0490. The van der Waals surface area contributed by atoms with Gasteiger partial charge < -0.3 is 11.1 Å². The summed E-state index contributed by atoms with van der Waals surface area (Å²) in [4.78, 5) is 11.8. The monoisotopic (exact) mass is 230 g/mol. The summed E-state index contributed by atoms with van der Waals surface area (Å²) in [5.74, 6) is 1.65. The number of carbonyl (C=O) groups excluding carboxylic acids is 1.